The molecule has 4 rings (SSSR count). The van der Waals surface area contributed by atoms with Gasteiger partial charge < -0.3 is 19.1 Å². The number of anilines is 1. The summed E-state index contributed by atoms with van der Waals surface area (Å²) >= 11 is 0. The number of amides is 2. The lowest BCUT2D eigenvalue weighted by Gasteiger charge is -2.37. The van der Waals surface area contributed by atoms with E-state index in [1.54, 1.807) is 18.2 Å². The topological polar surface area (TPSA) is 68.3 Å². The summed E-state index contributed by atoms with van der Waals surface area (Å²) < 4.78 is 17.0. The molecule has 0 saturated carbocycles. The molecule has 2 atom stereocenters. The third kappa shape index (κ3) is 4.59. The van der Waals surface area contributed by atoms with Gasteiger partial charge in [-0.1, -0.05) is 18.2 Å². The van der Waals surface area contributed by atoms with Gasteiger partial charge in [-0.2, -0.15) is 0 Å². The van der Waals surface area contributed by atoms with E-state index in [2.05, 4.69) is 0 Å². The molecule has 0 aliphatic carbocycles. The highest BCUT2D eigenvalue weighted by molar-refractivity contribution is 6.45. The molecule has 174 valence electrons. The third-order valence-electron chi connectivity index (χ3n) is 5.64. The smallest absolute Gasteiger partial charge is 0.282 e. The van der Waals surface area contributed by atoms with Gasteiger partial charge in [0.25, 0.3) is 11.8 Å². The minimum atomic E-state index is -0.348. The predicted octanol–water partition coefficient (Wildman–Crippen LogP) is 3.88. The minimum absolute atomic E-state index is 0.0546. The van der Waals surface area contributed by atoms with Gasteiger partial charge in [-0.25, -0.2) is 4.90 Å². The van der Waals surface area contributed by atoms with Gasteiger partial charge in [0.1, 0.15) is 17.2 Å². The maximum Gasteiger partial charge on any atom is 0.282 e. The number of hydrogen-bond donors (Lipinski definition) is 0. The summed E-state index contributed by atoms with van der Waals surface area (Å²) in [6, 6.07) is 14.4. The van der Waals surface area contributed by atoms with Crippen molar-refractivity contribution in [1.29, 1.82) is 0 Å². The molecule has 7 nitrogen and oxygen atoms in total. The molecule has 2 amide bonds. The van der Waals surface area contributed by atoms with E-state index < -0.39 is 0 Å². The highest BCUT2D eigenvalue weighted by Gasteiger charge is 2.44. The molecule has 33 heavy (non-hydrogen) atoms. The van der Waals surface area contributed by atoms with Crippen LogP contribution in [0.4, 0.5) is 5.69 Å². The van der Waals surface area contributed by atoms with E-state index in [4.69, 9.17) is 14.2 Å². The van der Waals surface area contributed by atoms with E-state index in [0.29, 0.717) is 54.6 Å². The fourth-order valence-corrected chi connectivity index (χ4v) is 4.43. The number of nitrogens with zero attached hydrogens (tertiary/aromatic N) is 2. The Balaban J connectivity index is 1.78. The van der Waals surface area contributed by atoms with Crippen molar-refractivity contribution in [2.45, 2.75) is 39.9 Å². The van der Waals surface area contributed by atoms with Crippen molar-refractivity contribution in [2.24, 2.45) is 0 Å². The number of imide groups is 1. The molecule has 0 bridgehead atoms. The molecule has 2 heterocycles. The molecular formula is C26H30N2O5. The summed E-state index contributed by atoms with van der Waals surface area (Å²) in [7, 11) is 0. The van der Waals surface area contributed by atoms with Crippen LogP contribution in [0.25, 0.3) is 5.57 Å². The average Bonchev–Trinajstić information content (AvgIpc) is 3.04. The number of rotatable bonds is 7. The van der Waals surface area contributed by atoms with E-state index in [9.17, 15) is 9.59 Å². The molecule has 0 radical (unpaired) electrons. The molecule has 2 aromatic carbocycles. The largest absolute Gasteiger partial charge is 0.494 e. The van der Waals surface area contributed by atoms with Crippen molar-refractivity contribution in [1.82, 2.24) is 4.90 Å². The first-order chi connectivity index (χ1) is 15.9. The summed E-state index contributed by atoms with van der Waals surface area (Å²) in [5.41, 5.74) is 1.98. The Kier molecular flexibility index (Phi) is 6.70. The quantitative estimate of drug-likeness (QED) is 0.597. The number of hydrogen-bond acceptors (Lipinski definition) is 6. The summed E-state index contributed by atoms with van der Waals surface area (Å²) in [5.74, 6) is 0.647. The third-order valence-corrected chi connectivity index (χ3v) is 5.64. The lowest BCUT2D eigenvalue weighted by molar-refractivity contribution is -0.121. The van der Waals surface area contributed by atoms with Gasteiger partial charge in [-0.3, -0.25) is 9.59 Å². The van der Waals surface area contributed by atoms with Gasteiger partial charge in [-0.15, -0.1) is 0 Å². The molecule has 2 aliphatic rings. The zero-order valence-corrected chi connectivity index (χ0v) is 19.5. The Labute approximate surface area is 194 Å². The first-order valence-corrected chi connectivity index (χ1v) is 11.4. The van der Waals surface area contributed by atoms with E-state index in [-0.39, 0.29) is 24.0 Å². The second-order valence-corrected chi connectivity index (χ2v) is 8.22. The predicted molar refractivity (Wildman–Crippen MR) is 126 cm³/mol. The van der Waals surface area contributed by atoms with Gasteiger partial charge in [0, 0.05) is 19.2 Å². The number of carbonyl (C=O) groups excluding carboxylic acids is 2. The molecule has 2 aliphatic heterocycles. The monoisotopic (exact) mass is 450 g/mol. The zero-order valence-electron chi connectivity index (χ0n) is 19.5. The maximum atomic E-state index is 13.8. The average molecular weight is 451 g/mol. The van der Waals surface area contributed by atoms with Crippen molar-refractivity contribution in [3.05, 3.63) is 59.8 Å². The molecule has 1 fully saturated rings. The van der Waals surface area contributed by atoms with Gasteiger partial charge >= 0.3 is 0 Å². The van der Waals surface area contributed by atoms with E-state index in [1.807, 2.05) is 62.9 Å². The summed E-state index contributed by atoms with van der Waals surface area (Å²) in [6.45, 7) is 9.88. The van der Waals surface area contributed by atoms with Crippen LogP contribution in [0.2, 0.25) is 0 Å². The van der Waals surface area contributed by atoms with Gasteiger partial charge in [0.15, 0.2) is 0 Å². The van der Waals surface area contributed by atoms with Crippen LogP contribution in [0.1, 0.15) is 33.3 Å². The summed E-state index contributed by atoms with van der Waals surface area (Å²) in [4.78, 5) is 30.7. The van der Waals surface area contributed by atoms with Gasteiger partial charge in [-0.05, 0) is 57.5 Å². The van der Waals surface area contributed by atoms with Gasteiger partial charge in [0.05, 0.1) is 36.7 Å². The molecule has 0 N–H and O–H groups in total. The van der Waals surface area contributed by atoms with Crippen LogP contribution in [0.15, 0.2) is 54.2 Å². The molecule has 7 heteroatoms. The molecular weight excluding hydrogens is 420 g/mol. The second-order valence-electron chi connectivity index (χ2n) is 8.22. The highest BCUT2D eigenvalue weighted by Crippen LogP contribution is 2.37. The molecule has 2 unspecified atom stereocenters. The second kappa shape index (κ2) is 9.67. The van der Waals surface area contributed by atoms with E-state index in [0.717, 1.165) is 5.75 Å². The Morgan fingerprint density at radius 2 is 1.52 bits per heavy atom. The normalized spacial score (nSPS) is 21.1. The SMILES string of the molecule is CCOc1ccc(C2=C(N3CC(C)OC(C)C3)C(=O)N(c3cccc(OCC)c3)C2=O)cc1. The molecule has 0 aromatic heterocycles. The number of benzene rings is 2. The first kappa shape index (κ1) is 22.9. The minimum Gasteiger partial charge on any atom is -0.494 e. The first-order valence-electron chi connectivity index (χ1n) is 11.4. The molecule has 0 spiro atoms. The Morgan fingerprint density at radius 1 is 0.879 bits per heavy atom. The number of morpholine rings is 1. The fraction of sp³-hybridized carbons (Fsp3) is 0.385. The fourth-order valence-electron chi connectivity index (χ4n) is 4.43. The molecule has 2 aromatic rings. The standard InChI is InChI=1S/C26H30N2O5/c1-5-31-21-12-10-19(11-13-21)23-24(27-15-17(3)33-18(4)16-27)26(30)28(25(23)29)20-8-7-9-22(14-20)32-6-2/h7-14,17-18H,5-6,15-16H2,1-4H3. The van der Waals surface area contributed by atoms with Crippen molar-refractivity contribution in [2.75, 3.05) is 31.2 Å². The maximum absolute atomic E-state index is 13.8. The number of carbonyl (C=O) groups is 2. The zero-order chi connectivity index (χ0) is 23.5. The Morgan fingerprint density at radius 3 is 2.15 bits per heavy atom. The van der Waals surface area contributed by atoms with Crippen LogP contribution in [0, 0.1) is 0 Å². The lowest BCUT2D eigenvalue weighted by atomic mass is 10.0. The Hall–Kier alpha value is -3.32. The van der Waals surface area contributed by atoms with Crippen molar-refractivity contribution < 1.29 is 23.8 Å². The lowest BCUT2D eigenvalue weighted by Crippen LogP contribution is -2.47. The van der Waals surface area contributed by atoms with Crippen molar-refractivity contribution in [3.63, 3.8) is 0 Å². The molecule has 1 saturated heterocycles. The van der Waals surface area contributed by atoms with Crippen LogP contribution < -0.4 is 14.4 Å². The summed E-state index contributed by atoms with van der Waals surface area (Å²) in [5, 5.41) is 0. The van der Waals surface area contributed by atoms with Crippen LogP contribution in [-0.4, -0.2) is 55.2 Å². The summed E-state index contributed by atoms with van der Waals surface area (Å²) in [6.07, 6.45) is -0.109. The van der Waals surface area contributed by atoms with Crippen molar-refractivity contribution in [3.8, 4) is 11.5 Å². The van der Waals surface area contributed by atoms with Crippen molar-refractivity contribution >= 4 is 23.1 Å². The van der Waals surface area contributed by atoms with Crippen LogP contribution >= 0.6 is 0 Å². The van der Waals surface area contributed by atoms with Crippen LogP contribution in [-0.2, 0) is 14.3 Å². The number of ether oxygens (including phenoxy) is 3. The van der Waals surface area contributed by atoms with Crippen LogP contribution in [0.5, 0.6) is 11.5 Å². The Bertz CT molecular complexity index is 1050. The van der Waals surface area contributed by atoms with Crippen LogP contribution in [0.3, 0.4) is 0 Å². The van der Waals surface area contributed by atoms with E-state index in [1.165, 1.54) is 4.90 Å². The van der Waals surface area contributed by atoms with E-state index >= 15 is 0 Å². The van der Waals surface area contributed by atoms with Gasteiger partial charge in [0.2, 0.25) is 0 Å². The highest BCUT2D eigenvalue weighted by atomic mass is 16.5.